The van der Waals surface area contributed by atoms with Gasteiger partial charge < -0.3 is 10.1 Å². The highest BCUT2D eigenvalue weighted by Gasteiger charge is 2.17. The summed E-state index contributed by atoms with van der Waals surface area (Å²) in [5.74, 6) is -0.359. The summed E-state index contributed by atoms with van der Waals surface area (Å²) in [6.45, 7) is 4.21. The molecular formula is C28H27NO3S. The molecule has 0 fully saturated rings. The molecule has 1 N–H and O–H groups in total. The largest absolute Gasteiger partial charge is 0.461 e. The number of hydrogen-bond acceptors (Lipinski definition) is 4. The lowest BCUT2D eigenvalue weighted by molar-refractivity contribution is -0.142. The van der Waals surface area contributed by atoms with Crippen LogP contribution in [0.1, 0.15) is 36.6 Å². The lowest BCUT2D eigenvalue weighted by Crippen LogP contribution is -2.19. The molecule has 5 heteroatoms. The first-order chi connectivity index (χ1) is 16.0. The van der Waals surface area contributed by atoms with E-state index < -0.39 is 10.8 Å². The maximum Gasteiger partial charge on any atom is 0.302 e. The summed E-state index contributed by atoms with van der Waals surface area (Å²) in [5.41, 5.74) is 2.96. The molecule has 0 saturated carbocycles. The molecule has 0 bridgehead atoms. The molecule has 0 aliphatic heterocycles. The molecule has 1 unspecified atom stereocenters. The molecular weight excluding hydrogens is 430 g/mol. The summed E-state index contributed by atoms with van der Waals surface area (Å²) in [6.07, 6.45) is 0. The van der Waals surface area contributed by atoms with E-state index in [0.717, 1.165) is 16.0 Å². The fourth-order valence-electron chi connectivity index (χ4n) is 3.93. The van der Waals surface area contributed by atoms with Gasteiger partial charge in [-0.2, -0.15) is 0 Å². The number of nitrogens with one attached hydrogen (secondary N) is 1. The molecule has 0 aromatic heterocycles. The third kappa shape index (κ3) is 5.38. The Hall–Kier alpha value is -3.28. The fourth-order valence-corrected chi connectivity index (χ4v) is 5.32. The lowest BCUT2D eigenvalue weighted by atomic mass is 9.99. The van der Waals surface area contributed by atoms with Crippen LogP contribution in [0.3, 0.4) is 0 Å². The fraction of sp³-hybridized carbons (Fsp3) is 0.179. The van der Waals surface area contributed by atoms with Gasteiger partial charge in [-0.1, -0.05) is 78.9 Å². The summed E-state index contributed by atoms with van der Waals surface area (Å²) in [4.78, 5) is 12.7. The predicted molar refractivity (Wildman–Crippen MR) is 132 cm³/mol. The number of fused-ring (bicyclic) bond motifs is 1. The van der Waals surface area contributed by atoms with Gasteiger partial charge in [0.2, 0.25) is 0 Å². The highest BCUT2D eigenvalue weighted by atomic mass is 32.2. The summed E-state index contributed by atoms with van der Waals surface area (Å²) in [5, 5.41) is 6.05. The van der Waals surface area contributed by atoms with E-state index in [0.29, 0.717) is 11.4 Å². The molecule has 4 aromatic carbocycles. The van der Waals surface area contributed by atoms with Crippen LogP contribution in [0.15, 0.2) is 101 Å². The number of carbonyl (C=O) groups is 1. The Labute approximate surface area is 197 Å². The van der Waals surface area contributed by atoms with Crippen LogP contribution in [-0.2, 0) is 33.5 Å². The van der Waals surface area contributed by atoms with Crippen LogP contribution < -0.4 is 5.32 Å². The van der Waals surface area contributed by atoms with Crippen LogP contribution in [0.25, 0.3) is 10.8 Å². The van der Waals surface area contributed by atoms with Crippen molar-refractivity contribution in [2.24, 2.45) is 0 Å². The molecule has 0 aliphatic rings. The molecule has 4 rings (SSSR count). The van der Waals surface area contributed by atoms with Crippen molar-refractivity contribution in [2.75, 3.05) is 0 Å². The minimum Gasteiger partial charge on any atom is -0.461 e. The van der Waals surface area contributed by atoms with E-state index in [-0.39, 0.29) is 18.6 Å². The molecule has 0 radical (unpaired) electrons. The van der Waals surface area contributed by atoms with Crippen LogP contribution in [0.2, 0.25) is 0 Å². The lowest BCUT2D eigenvalue weighted by Gasteiger charge is -2.18. The molecule has 0 spiro atoms. The predicted octanol–water partition coefficient (Wildman–Crippen LogP) is 5.92. The number of benzene rings is 4. The molecule has 0 amide bonds. The highest BCUT2D eigenvalue weighted by Crippen LogP contribution is 2.27. The summed E-state index contributed by atoms with van der Waals surface area (Å²) in [7, 11) is -1.40. The smallest absolute Gasteiger partial charge is 0.302 e. The zero-order valence-electron chi connectivity index (χ0n) is 18.8. The van der Waals surface area contributed by atoms with Gasteiger partial charge in [0, 0.05) is 30.0 Å². The number of rotatable bonds is 8. The first kappa shape index (κ1) is 22.9. The maximum atomic E-state index is 13.6. The van der Waals surface area contributed by atoms with E-state index in [1.54, 1.807) is 0 Å². The van der Waals surface area contributed by atoms with Crippen molar-refractivity contribution in [2.45, 2.75) is 42.8 Å². The molecule has 4 nitrogen and oxygen atoms in total. The van der Waals surface area contributed by atoms with Crippen molar-refractivity contribution in [3.63, 3.8) is 0 Å². The third-order valence-electron chi connectivity index (χ3n) is 5.66. The van der Waals surface area contributed by atoms with Crippen molar-refractivity contribution >= 4 is 27.5 Å². The third-order valence-corrected chi connectivity index (χ3v) is 7.26. The maximum absolute atomic E-state index is 13.6. The van der Waals surface area contributed by atoms with Gasteiger partial charge in [-0.3, -0.25) is 4.79 Å². The first-order valence-corrected chi connectivity index (χ1v) is 12.1. The molecule has 2 atom stereocenters. The Morgan fingerprint density at radius 1 is 0.848 bits per heavy atom. The number of esters is 1. The van der Waals surface area contributed by atoms with Crippen molar-refractivity contribution < 1.29 is 13.7 Å². The van der Waals surface area contributed by atoms with E-state index in [1.165, 1.54) is 23.3 Å². The standard InChI is InChI=1S/C28H27NO3S/c1-20(25-15-9-13-22-10-3-6-14-26(22)25)29-18-23-11-4-7-16-27(23)33(31)28-17-8-5-12-24(28)19-32-21(2)30/h3-17,20,29H,18-19H2,1-2H3/t20-,33?/m1/s1. The number of ether oxygens (including phenoxy) is 1. The van der Waals surface area contributed by atoms with Gasteiger partial charge in [-0.15, -0.1) is 0 Å². The van der Waals surface area contributed by atoms with E-state index in [4.69, 9.17) is 4.74 Å². The molecule has 168 valence electrons. The van der Waals surface area contributed by atoms with Crippen molar-refractivity contribution in [3.05, 3.63) is 108 Å². The van der Waals surface area contributed by atoms with Gasteiger partial charge in [-0.05, 0) is 41.0 Å². The number of hydrogen-bond donors (Lipinski definition) is 1. The Kier molecular flexibility index (Phi) is 7.33. The normalized spacial score (nSPS) is 12.9. The molecule has 0 heterocycles. The summed E-state index contributed by atoms with van der Waals surface area (Å²) < 4.78 is 18.7. The van der Waals surface area contributed by atoms with Crippen LogP contribution in [-0.4, -0.2) is 10.2 Å². The summed E-state index contributed by atoms with van der Waals surface area (Å²) in [6, 6.07) is 30.0. The second-order valence-electron chi connectivity index (χ2n) is 7.94. The Morgan fingerprint density at radius 3 is 2.21 bits per heavy atom. The van der Waals surface area contributed by atoms with Crippen LogP contribution >= 0.6 is 0 Å². The monoisotopic (exact) mass is 457 g/mol. The Bertz CT molecular complexity index is 1300. The van der Waals surface area contributed by atoms with E-state index in [2.05, 4.69) is 54.7 Å². The zero-order valence-corrected chi connectivity index (χ0v) is 19.6. The highest BCUT2D eigenvalue weighted by molar-refractivity contribution is 7.85. The van der Waals surface area contributed by atoms with Gasteiger partial charge in [0.1, 0.15) is 6.61 Å². The van der Waals surface area contributed by atoms with Crippen LogP contribution in [0.4, 0.5) is 0 Å². The second kappa shape index (κ2) is 10.6. The minimum absolute atomic E-state index is 0.107. The van der Waals surface area contributed by atoms with Crippen molar-refractivity contribution in [1.29, 1.82) is 0 Å². The van der Waals surface area contributed by atoms with E-state index in [1.807, 2.05) is 48.5 Å². The molecule has 0 aliphatic carbocycles. The Balaban J connectivity index is 1.56. The van der Waals surface area contributed by atoms with Crippen LogP contribution in [0.5, 0.6) is 0 Å². The molecule has 33 heavy (non-hydrogen) atoms. The first-order valence-electron chi connectivity index (χ1n) is 11.0. The van der Waals surface area contributed by atoms with Crippen molar-refractivity contribution in [1.82, 2.24) is 5.32 Å². The van der Waals surface area contributed by atoms with Gasteiger partial charge in [-0.25, -0.2) is 4.21 Å². The van der Waals surface area contributed by atoms with Crippen molar-refractivity contribution in [3.8, 4) is 0 Å². The van der Waals surface area contributed by atoms with E-state index >= 15 is 0 Å². The summed E-state index contributed by atoms with van der Waals surface area (Å²) >= 11 is 0. The average molecular weight is 458 g/mol. The molecule has 4 aromatic rings. The quantitative estimate of drug-likeness (QED) is 0.334. The van der Waals surface area contributed by atoms with Gasteiger partial charge in [0.15, 0.2) is 0 Å². The van der Waals surface area contributed by atoms with Gasteiger partial charge in [0.05, 0.1) is 15.7 Å². The van der Waals surface area contributed by atoms with Gasteiger partial charge in [0.25, 0.3) is 0 Å². The van der Waals surface area contributed by atoms with Gasteiger partial charge >= 0.3 is 5.97 Å². The zero-order chi connectivity index (χ0) is 23.2. The minimum atomic E-state index is -1.40. The topological polar surface area (TPSA) is 55.4 Å². The second-order valence-corrected chi connectivity index (χ2v) is 9.35. The SMILES string of the molecule is CC(=O)OCc1ccccc1S(=O)c1ccccc1CN[C@H](C)c1cccc2ccccc12. The average Bonchev–Trinajstić information content (AvgIpc) is 2.85. The molecule has 0 saturated heterocycles. The number of carbonyl (C=O) groups excluding carboxylic acids is 1. The van der Waals surface area contributed by atoms with Crippen LogP contribution in [0, 0.1) is 0 Å². The van der Waals surface area contributed by atoms with E-state index in [9.17, 15) is 9.00 Å². The Morgan fingerprint density at radius 2 is 1.45 bits per heavy atom.